The smallest absolute Gasteiger partial charge is 0.462 e. The van der Waals surface area contributed by atoms with Gasteiger partial charge in [0.25, 0.3) is 0 Å². The molecule has 0 saturated heterocycles. The van der Waals surface area contributed by atoms with Gasteiger partial charge >= 0.3 is 19.8 Å². The summed E-state index contributed by atoms with van der Waals surface area (Å²) in [5.74, 6) is -0.867. The number of unbranched alkanes of at least 4 members (excludes halogenated alkanes) is 14. The minimum absolute atomic E-state index is 0.0191. The van der Waals surface area contributed by atoms with Crippen LogP contribution in [0.15, 0.2) is 60.8 Å². The lowest BCUT2D eigenvalue weighted by atomic mass is 10.1. The highest BCUT2D eigenvalue weighted by Crippen LogP contribution is 2.43. The Morgan fingerprint density at radius 1 is 0.593 bits per heavy atom. The third-order valence-electron chi connectivity index (χ3n) is 8.55. The van der Waals surface area contributed by atoms with Gasteiger partial charge < -0.3 is 18.9 Å². The largest absolute Gasteiger partial charge is 0.472 e. The number of ether oxygens (including phenoxy) is 2. The van der Waals surface area contributed by atoms with Crippen molar-refractivity contribution < 1.29 is 42.1 Å². The molecule has 0 aliphatic heterocycles. The molecule has 10 heteroatoms. The van der Waals surface area contributed by atoms with E-state index in [1.165, 1.54) is 44.9 Å². The standard InChI is InChI=1S/C44H78NO8P/c1-6-8-10-12-14-16-18-20-22-24-26-28-30-32-34-36-43(46)50-40-42(41-52-54(48,49)51-39-38-45(3,4)5)53-44(47)37-35-33-31-29-27-25-23-21-19-17-15-13-11-9-7-2/h15-18,20-23,27,29,42H,6-14,19,24-26,28,30-41H2,1-5H3/p+1/b17-15+,18-16+,22-20+,23-21+,29-27+/t42-/m1/s1. The van der Waals surface area contributed by atoms with Gasteiger partial charge in [0.05, 0.1) is 27.7 Å². The van der Waals surface area contributed by atoms with Gasteiger partial charge in [-0.25, -0.2) is 4.57 Å². The number of carbonyl (C=O) groups is 2. The Balaban J connectivity index is 4.50. The Morgan fingerprint density at radius 2 is 1.06 bits per heavy atom. The predicted octanol–water partition coefficient (Wildman–Crippen LogP) is 11.7. The molecule has 0 amide bonds. The highest BCUT2D eigenvalue weighted by atomic mass is 31.2. The van der Waals surface area contributed by atoms with E-state index in [1.807, 2.05) is 21.1 Å². The lowest BCUT2D eigenvalue weighted by Crippen LogP contribution is -2.37. The van der Waals surface area contributed by atoms with Gasteiger partial charge in [-0.05, 0) is 77.0 Å². The number of hydrogen-bond acceptors (Lipinski definition) is 7. The van der Waals surface area contributed by atoms with Crippen LogP contribution in [0.1, 0.15) is 155 Å². The van der Waals surface area contributed by atoms with E-state index >= 15 is 0 Å². The van der Waals surface area contributed by atoms with Gasteiger partial charge in [-0.3, -0.25) is 18.6 Å². The first-order valence-corrected chi connectivity index (χ1v) is 22.5. The number of quaternary nitrogens is 1. The van der Waals surface area contributed by atoms with Gasteiger partial charge in [0.1, 0.15) is 19.8 Å². The van der Waals surface area contributed by atoms with Crippen molar-refractivity contribution in [2.45, 2.75) is 161 Å². The number of nitrogens with zero attached hydrogens (tertiary/aromatic N) is 1. The zero-order valence-electron chi connectivity index (χ0n) is 34.9. The Kier molecular flexibility index (Phi) is 34.8. The van der Waals surface area contributed by atoms with Crippen LogP contribution in [0.2, 0.25) is 0 Å². The summed E-state index contributed by atoms with van der Waals surface area (Å²) in [6.45, 7) is 4.29. The van der Waals surface area contributed by atoms with Crippen molar-refractivity contribution in [2.24, 2.45) is 0 Å². The molecule has 54 heavy (non-hydrogen) atoms. The Morgan fingerprint density at radius 3 is 1.67 bits per heavy atom. The first-order valence-electron chi connectivity index (χ1n) is 21.0. The average molecular weight is 781 g/mol. The fraction of sp³-hybridized carbons (Fsp3) is 0.727. The molecule has 0 spiro atoms. The summed E-state index contributed by atoms with van der Waals surface area (Å²) < 4.78 is 34.2. The molecule has 0 bridgehead atoms. The summed E-state index contributed by atoms with van der Waals surface area (Å²) in [6.07, 6.45) is 42.7. The van der Waals surface area contributed by atoms with Crippen LogP contribution in [-0.2, 0) is 32.7 Å². The van der Waals surface area contributed by atoms with Crippen molar-refractivity contribution in [3.05, 3.63) is 60.8 Å². The Labute approximate surface area is 330 Å². The van der Waals surface area contributed by atoms with Crippen LogP contribution in [0.3, 0.4) is 0 Å². The van der Waals surface area contributed by atoms with Crippen molar-refractivity contribution in [1.82, 2.24) is 0 Å². The summed E-state index contributed by atoms with van der Waals surface area (Å²) in [4.78, 5) is 35.3. The van der Waals surface area contributed by atoms with Crippen molar-refractivity contribution >= 4 is 19.8 Å². The number of carbonyl (C=O) groups excluding carboxylic acids is 2. The van der Waals surface area contributed by atoms with Crippen LogP contribution >= 0.6 is 7.82 Å². The second-order valence-corrected chi connectivity index (χ2v) is 16.5. The van der Waals surface area contributed by atoms with E-state index in [0.717, 1.165) is 70.6 Å². The average Bonchev–Trinajstić information content (AvgIpc) is 3.12. The van der Waals surface area contributed by atoms with Crippen LogP contribution in [0.4, 0.5) is 0 Å². The first-order chi connectivity index (χ1) is 26.0. The molecule has 0 radical (unpaired) electrons. The lowest BCUT2D eigenvalue weighted by Gasteiger charge is -2.24. The number of phosphoric acid groups is 1. The minimum Gasteiger partial charge on any atom is -0.462 e. The summed E-state index contributed by atoms with van der Waals surface area (Å²) in [5, 5.41) is 0. The topological polar surface area (TPSA) is 108 Å². The fourth-order valence-corrected chi connectivity index (χ4v) is 5.93. The summed E-state index contributed by atoms with van der Waals surface area (Å²) in [5.41, 5.74) is 0. The van der Waals surface area contributed by atoms with E-state index < -0.39 is 32.5 Å². The van der Waals surface area contributed by atoms with E-state index in [1.54, 1.807) is 0 Å². The Hall–Kier alpha value is -2.29. The van der Waals surface area contributed by atoms with Gasteiger partial charge in [-0.1, -0.05) is 126 Å². The van der Waals surface area contributed by atoms with Crippen molar-refractivity contribution in [1.29, 1.82) is 0 Å². The third kappa shape index (κ3) is 39.4. The van der Waals surface area contributed by atoms with Gasteiger partial charge in [0.15, 0.2) is 6.10 Å². The number of allylic oxidation sites excluding steroid dienone is 10. The molecule has 1 N–H and O–H groups in total. The number of likely N-dealkylation sites (N-methyl/N-ethyl adjacent to an activating group) is 1. The maximum absolute atomic E-state index is 12.6. The molecular formula is C44H79NO8P+. The molecule has 0 heterocycles. The highest BCUT2D eigenvalue weighted by molar-refractivity contribution is 7.47. The zero-order valence-corrected chi connectivity index (χ0v) is 35.8. The van der Waals surface area contributed by atoms with Crippen LogP contribution in [-0.4, -0.2) is 74.9 Å². The lowest BCUT2D eigenvalue weighted by molar-refractivity contribution is -0.870. The van der Waals surface area contributed by atoms with Crippen molar-refractivity contribution in [3.8, 4) is 0 Å². The molecule has 0 aromatic rings. The molecule has 9 nitrogen and oxygen atoms in total. The van der Waals surface area contributed by atoms with Crippen LogP contribution in [0.25, 0.3) is 0 Å². The Bertz CT molecular complexity index is 1110. The SMILES string of the molecule is CCCCC/C=C/C/C=C/C/C=C/CCCCC(=O)O[C@H](COC(=O)CCCCCCC/C=C/C=C/CCCCCC)COP(=O)(O)OCC[N+](C)(C)C. The van der Waals surface area contributed by atoms with E-state index in [9.17, 15) is 19.0 Å². The van der Waals surface area contributed by atoms with Gasteiger partial charge in [-0.15, -0.1) is 0 Å². The van der Waals surface area contributed by atoms with Gasteiger partial charge in [0.2, 0.25) is 0 Å². The zero-order chi connectivity index (χ0) is 40.0. The van der Waals surface area contributed by atoms with E-state index in [2.05, 4.69) is 74.6 Å². The molecule has 0 aliphatic carbocycles. The fourth-order valence-electron chi connectivity index (χ4n) is 5.19. The molecule has 0 aliphatic rings. The molecule has 1 unspecified atom stereocenters. The van der Waals surface area contributed by atoms with E-state index in [4.69, 9.17) is 18.5 Å². The number of esters is 2. The number of rotatable bonds is 37. The first kappa shape index (κ1) is 51.7. The van der Waals surface area contributed by atoms with Crippen molar-refractivity contribution in [3.63, 3.8) is 0 Å². The van der Waals surface area contributed by atoms with Crippen LogP contribution in [0, 0.1) is 0 Å². The molecule has 2 atom stereocenters. The number of hydrogen-bond donors (Lipinski definition) is 1. The van der Waals surface area contributed by atoms with E-state index in [-0.39, 0.29) is 26.1 Å². The summed E-state index contributed by atoms with van der Waals surface area (Å²) in [7, 11) is 1.43. The monoisotopic (exact) mass is 781 g/mol. The maximum Gasteiger partial charge on any atom is 0.472 e. The second kappa shape index (κ2) is 36.4. The van der Waals surface area contributed by atoms with Crippen LogP contribution < -0.4 is 0 Å². The quantitative estimate of drug-likeness (QED) is 0.0166. The number of phosphoric ester groups is 1. The van der Waals surface area contributed by atoms with Crippen LogP contribution in [0.5, 0.6) is 0 Å². The second-order valence-electron chi connectivity index (χ2n) is 15.0. The molecule has 0 rings (SSSR count). The molecule has 0 aromatic carbocycles. The molecule has 0 aromatic heterocycles. The summed E-state index contributed by atoms with van der Waals surface area (Å²) >= 11 is 0. The van der Waals surface area contributed by atoms with Gasteiger partial charge in [-0.2, -0.15) is 0 Å². The normalized spacial score (nSPS) is 14.3. The van der Waals surface area contributed by atoms with Crippen molar-refractivity contribution in [2.75, 3.05) is 47.5 Å². The molecule has 0 fully saturated rings. The minimum atomic E-state index is -4.39. The molecular weight excluding hydrogens is 701 g/mol. The maximum atomic E-state index is 12.6. The third-order valence-corrected chi connectivity index (χ3v) is 9.53. The molecule has 0 saturated carbocycles. The summed E-state index contributed by atoms with van der Waals surface area (Å²) in [6, 6.07) is 0. The van der Waals surface area contributed by atoms with E-state index in [0.29, 0.717) is 23.9 Å². The highest BCUT2D eigenvalue weighted by Gasteiger charge is 2.27. The predicted molar refractivity (Wildman–Crippen MR) is 224 cm³/mol. The van der Waals surface area contributed by atoms with Gasteiger partial charge in [0, 0.05) is 12.8 Å². The molecule has 312 valence electrons.